The fraction of sp³-hybridized carbons (Fsp3) is 0.440. The van der Waals surface area contributed by atoms with Gasteiger partial charge in [-0.05, 0) is 74.4 Å². The van der Waals surface area contributed by atoms with Crippen LogP contribution in [-0.2, 0) is 4.79 Å². The normalized spacial score (nSPS) is 16.0. The van der Waals surface area contributed by atoms with Gasteiger partial charge in [0.05, 0.1) is 12.2 Å². The first-order valence-corrected chi connectivity index (χ1v) is 12.2. The molecule has 1 fully saturated rings. The Morgan fingerprint density at radius 2 is 2.06 bits per heavy atom. The molecule has 1 aliphatic rings. The van der Waals surface area contributed by atoms with Crippen molar-refractivity contribution in [3.05, 3.63) is 46.2 Å². The summed E-state index contributed by atoms with van der Waals surface area (Å²) in [5, 5.41) is 1.40. The number of nitrogens with two attached hydrogens (primary N) is 1. The number of nitrogens with one attached hydrogen (secondary N) is 1. The monoisotopic (exact) mass is 449 g/mol. The zero-order chi connectivity index (χ0) is 22.6. The number of thiophene rings is 1. The van der Waals surface area contributed by atoms with Crippen molar-refractivity contribution in [2.75, 3.05) is 19.6 Å². The number of hydrogen-bond acceptors (Lipinski definition) is 4. The quantitative estimate of drug-likeness (QED) is 0.452. The molecule has 3 N–H and O–H groups in total. The van der Waals surface area contributed by atoms with E-state index in [4.69, 9.17) is 5.73 Å². The van der Waals surface area contributed by atoms with Gasteiger partial charge in [0.15, 0.2) is 0 Å². The summed E-state index contributed by atoms with van der Waals surface area (Å²) in [5.41, 5.74) is 12.8. The summed E-state index contributed by atoms with van der Waals surface area (Å²) >= 11 is 1.92. The van der Waals surface area contributed by atoms with Crippen molar-refractivity contribution < 1.29 is 4.79 Å². The minimum absolute atomic E-state index is 0.234. The SMILES string of the molecule is Cc1c(C2CCN(CC(N)=O)CC2)sc2[nH]c(-c3cc(C)c4nccn4c3)c(C(C)C)c12. The number of nitrogens with zero attached hydrogens (tertiary/aromatic N) is 3. The number of H-pyrrole nitrogens is 1. The van der Waals surface area contributed by atoms with Gasteiger partial charge >= 0.3 is 0 Å². The number of fused-ring (bicyclic) bond motifs is 2. The second-order valence-corrected chi connectivity index (χ2v) is 10.5. The zero-order valence-electron chi connectivity index (χ0n) is 19.2. The molecule has 1 saturated heterocycles. The summed E-state index contributed by atoms with van der Waals surface area (Å²) in [7, 11) is 0. The molecule has 0 saturated carbocycles. The van der Waals surface area contributed by atoms with Gasteiger partial charge < -0.3 is 15.1 Å². The van der Waals surface area contributed by atoms with Crippen molar-refractivity contribution in [2.45, 2.75) is 52.4 Å². The Morgan fingerprint density at radius 3 is 2.75 bits per heavy atom. The van der Waals surface area contributed by atoms with Crippen LogP contribution in [-0.4, -0.2) is 44.8 Å². The highest BCUT2D eigenvalue weighted by Gasteiger charge is 2.28. The summed E-state index contributed by atoms with van der Waals surface area (Å²) in [4.78, 5) is 24.5. The Hall–Kier alpha value is -2.64. The van der Waals surface area contributed by atoms with Crippen molar-refractivity contribution in [1.29, 1.82) is 0 Å². The van der Waals surface area contributed by atoms with Gasteiger partial charge in [0.2, 0.25) is 5.91 Å². The van der Waals surface area contributed by atoms with Crippen LogP contribution in [0.2, 0.25) is 0 Å². The molecule has 4 aromatic heterocycles. The summed E-state index contributed by atoms with van der Waals surface area (Å²) < 4.78 is 2.11. The second kappa shape index (κ2) is 8.05. The Labute approximate surface area is 192 Å². The van der Waals surface area contributed by atoms with Crippen molar-refractivity contribution in [2.24, 2.45) is 5.73 Å². The highest BCUT2D eigenvalue weighted by atomic mass is 32.1. The lowest BCUT2D eigenvalue weighted by atomic mass is 9.90. The number of piperidine rings is 1. The van der Waals surface area contributed by atoms with Crippen LogP contribution in [0.3, 0.4) is 0 Å². The first-order chi connectivity index (χ1) is 15.3. The number of primary amides is 1. The summed E-state index contributed by atoms with van der Waals surface area (Å²) in [6, 6.07) is 2.24. The van der Waals surface area contributed by atoms with Gasteiger partial charge in [0.1, 0.15) is 10.5 Å². The number of imidazole rings is 1. The third-order valence-corrected chi connectivity index (χ3v) is 8.21. The molecule has 0 aliphatic carbocycles. The van der Waals surface area contributed by atoms with Gasteiger partial charge in [0.25, 0.3) is 0 Å². The molecule has 5 heterocycles. The van der Waals surface area contributed by atoms with Gasteiger partial charge in [-0.3, -0.25) is 9.69 Å². The lowest BCUT2D eigenvalue weighted by Crippen LogP contribution is -2.39. The number of aromatic nitrogens is 3. The molecular formula is C25H31N5OS. The molecule has 168 valence electrons. The van der Waals surface area contributed by atoms with Crippen LogP contribution in [0.25, 0.3) is 27.1 Å². The average Bonchev–Trinajstić information content (AvgIpc) is 3.43. The van der Waals surface area contributed by atoms with E-state index in [1.165, 1.54) is 43.0 Å². The highest BCUT2D eigenvalue weighted by Crippen LogP contribution is 2.45. The predicted molar refractivity (Wildman–Crippen MR) is 132 cm³/mol. The first kappa shape index (κ1) is 21.2. The van der Waals surface area contributed by atoms with Crippen LogP contribution in [0.5, 0.6) is 0 Å². The maximum absolute atomic E-state index is 11.3. The standard InChI is InChI=1S/C25H31N5OS/c1-14(2)20-21-16(4)23(17-5-8-29(9-6-17)13-19(26)31)32-25(21)28-22(20)18-11-15(3)24-27-7-10-30(24)12-18/h7,10-12,14,17,28H,5-6,8-9,13H2,1-4H3,(H2,26,31). The van der Waals surface area contributed by atoms with Gasteiger partial charge in [-0.15, -0.1) is 11.3 Å². The first-order valence-electron chi connectivity index (χ1n) is 11.4. The Morgan fingerprint density at radius 1 is 1.31 bits per heavy atom. The van der Waals surface area contributed by atoms with E-state index in [0.29, 0.717) is 18.4 Å². The van der Waals surface area contributed by atoms with Crippen molar-refractivity contribution >= 4 is 33.1 Å². The molecule has 6 nitrogen and oxygen atoms in total. The van der Waals surface area contributed by atoms with E-state index in [1.807, 2.05) is 23.7 Å². The summed E-state index contributed by atoms with van der Waals surface area (Å²) in [6.45, 7) is 11.2. The molecule has 7 heteroatoms. The van der Waals surface area contributed by atoms with Gasteiger partial charge in [-0.1, -0.05) is 13.8 Å². The number of carbonyl (C=O) groups is 1. The van der Waals surface area contributed by atoms with Crippen molar-refractivity contribution in [1.82, 2.24) is 19.3 Å². The van der Waals surface area contributed by atoms with Crippen molar-refractivity contribution in [3.8, 4) is 11.3 Å². The molecule has 0 spiro atoms. The topological polar surface area (TPSA) is 79.4 Å². The maximum atomic E-state index is 11.3. The van der Waals surface area contributed by atoms with Crippen LogP contribution >= 0.6 is 11.3 Å². The van der Waals surface area contributed by atoms with Gasteiger partial charge in [0, 0.05) is 34.4 Å². The number of pyridine rings is 1. The van der Waals surface area contributed by atoms with E-state index in [9.17, 15) is 4.79 Å². The largest absolute Gasteiger partial charge is 0.369 e. The Bertz CT molecular complexity index is 1300. The molecule has 0 radical (unpaired) electrons. The molecule has 1 aliphatic heterocycles. The van der Waals surface area contributed by atoms with Crippen LogP contribution in [0.1, 0.15) is 60.1 Å². The zero-order valence-corrected chi connectivity index (χ0v) is 20.1. The third-order valence-electron chi connectivity index (χ3n) is 6.84. The third kappa shape index (κ3) is 3.53. The lowest BCUT2D eigenvalue weighted by Gasteiger charge is -2.31. The van der Waals surface area contributed by atoms with E-state index in [-0.39, 0.29) is 5.91 Å². The highest BCUT2D eigenvalue weighted by molar-refractivity contribution is 7.19. The molecule has 0 bridgehead atoms. The number of hydrogen-bond donors (Lipinski definition) is 2. The smallest absolute Gasteiger partial charge is 0.231 e. The van der Waals surface area contributed by atoms with Crippen LogP contribution in [0.4, 0.5) is 0 Å². The molecule has 32 heavy (non-hydrogen) atoms. The van der Waals surface area contributed by atoms with Crippen LogP contribution < -0.4 is 5.73 Å². The number of carbonyl (C=O) groups excluding carboxylic acids is 1. The van der Waals surface area contributed by atoms with E-state index in [0.717, 1.165) is 31.6 Å². The molecule has 5 rings (SSSR count). The molecule has 0 atom stereocenters. The van der Waals surface area contributed by atoms with E-state index in [1.54, 1.807) is 0 Å². The van der Waals surface area contributed by atoms with E-state index >= 15 is 0 Å². The molecular weight excluding hydrogens is 418 g/mol. The molecule has 0 aromatic carbocycles. The lowest BCUT2D eigenvalue weighted by molar-refractivity contribution is -0.119. The van der Waals surface area contributed by atoms with Gasteiger partial charge in [-0.25, -0.2) is 4.98 Å². The summed E-state index contributed by atoms with van der Waals surface area (Å²) in [5.74, 6) is 0.733. The van der Waals surface area contributed by atoms with E-state index < -0.39 is 0 Å². The summed E-state index contributed by atoms with van der Waals surface area (Å²) in [6.07, 6.45) is 8.21. The maximum Gasteiger partial charge on any atom is 0.231 e. The number of likely N-dealkylation sites (tertiary alicyclic amines) is 1. The minimum Gasteiger partial charge on any atom is -0.369 e. The predicted octanol–water partition coefficient (Wildman–Crippen LogP) is 4.95. The van der Waals surface area contributed by atoms with Gasteiger partial charge in [-0.2, -0.15) is 0 Å². The number of amides is 1. The Balaban J connectivity index is 1.54. The average molecular weight is 450 g/mol. The van der Waals surface area contributed by atoms with E-state index in [2.05, 4.69) is 59.2 Å². The number of rotatable bonds is 5. The molecule has 1 amide bonds. The fourth-order valence-electron chi connectivity index (χ4n) is 5.36. The number of aromatic amines is 1. The molecule has 4 aromatic rings. The number of aryl methyl sites for hydroxylation is 2. The van der Waals surface area contributed by atoms with Crippen LogP contribution in [0.15, 0.2) is 24.7 Å². The minimum atomic E-state index is -0.234. The molecule has 0 unspecified atom stereocenters. The van der Waals surface area contributed by atoms with Crippen molar-refractivity contribution in [3.63, 3.8) is 0 Å². The second-order valence-electron chi connectivity index (χ2n) is 9.45. The van der Waals surface area contributed by atoms with Crippen LogP contribution in [0, 0.1) is 13.8 Å². The fourth-order valence-corrected chi connectivity index (χ4v) is 6.76. The Kier molecular flexibility index (Phi) is 5.34.